The van der Waals surface area contributed by atoms with Gasteiger partial charge in [-0.2, -0.15) is 23.0 Å². The van der Waals surface area contributed by atoms with Crippen LogP contribution in [-0.4, -0.2) is 22.3 Å². The number of fused-ring (bicyclic) bond motifs is 1. The van der Waals surface area contributed by atoms with E-state index >= 15 is 0 Å². The minimum absolute atomic E-state index is 0.188. The zero-order chi connectivity index (χ0) is 23.6. The number of hydrogen-bond acceptors (Lipinski definition) is 3. The van der Waals surface area contributed by atoms with Crippen molar-refractivity contribution < 1.29 is 22.7 Å². The Kier molecular flexibility index (Phi) is 6.29. The largest absolute Gasteiger partial charge is 0.467 e. The third-order valence-electron chi connectivity index (χ3n) is 5.05. The van der Waals surface area contributed by atoms with Gasteiger partial charge in [0, 0.05) is 6.07 Å². The normalized spacial score (nSPS) is 12.5. The predicted octanol–water partition coefficient (Wildman–Crippen LogP) is 5.95. The molecule has 0 saturated heterocycles. The molecule has 0 aliphatic carbocycles. The van der Waals surface area contributed by atoms with Gasteiger partial charge in [0.25, 0.3) is 5.91 Å². The number of halogens is 4. The quantitative estimate of drug-likeness (QED) is 0.376. The van der Waals surface area contributed by atoms with Crippen molar-refractivity contribution in [3.8, 4) is 11.6 Å². The lowest BCUT2D eigenvalue weighted by Crippen LogP contribution is -2.31. The SMILES string of the molecule is C[C@@H](NC(=O)COc1cc(C(F)(F)F)nn1-c1ccccc1Cl)c1ccc2ccccc2c1. The van der Waals surface area contributed by atoms with Crippen molar-refractivity contribution in [1.82, 2.24) is 15.1 Å². The van der Waals surface area contributed by atoms with Crippen LogP contribution in [0.3, 0.4) is 0 Å². The summed E-state index contributed by atoms with van der Waals surface area (Å²) in [6.45, 7) is 1.32. The number of rotatable bonds is 6. The van der Waals surface area contributed by atoms with Crippen LogP contribution in [0.1, 0.15) is 24.2 Å². The van der Waals surface area contributed by atoms with Gasteiger partial charge in [0.15, 0.2) is 12.3 Å². The molecule has 0 aliphatic heterocycles. The summed E-state index contributed by atoms with van der Waals surface area (Å²) in [5.74, 6) is -0.736. The lowest BCUT2D eigenvalue weighted by Gasteiger charge is -2.16. The van der Waals surface area contributed by atoms with Crippen LogP contribution in [0.2, 0.25) is 5.02 Å². The highest BCUT2D eigenvalue weighted by Crippen LogP contribution is 2.33. The first-order chi connectivity index (χ1) is 15.7. The molecule has 9 heteroatoms. The molecule has 33 heavy (non-hydrogen) atoms. The van der Waals surface area contributed by atoms with E-state index in [0.29, 0.717) is 0 Å². The van der Waals surface area contributed by atoms with E-state index in [1.165, 1.54) is 12.1 Å². The second-order valence-corrected chi connectivity index (χ2v) is 7.82. The van der Waals surface area contributed by atoms with E-state index in [-0.39, 0.29) is 22.6 Å². The van der Waals surface area contributed by atoms with Gasteiger partial charge in [0.1, 0.15) is 0 Å². The Morgan fingerprint density at radius 2 is 1.76 bits per heavy atom. The summed E-state index contributed by atoms with van der Waals surface area (Å²) in [4.78, 5) is 12.5. The molecule has 1 aromatic heterocycles. The van der Waals surface area contributed by atoms with E-state index in [9.17, 15) is 18.0 Å². The molecule has 1 heterocycles. The zero-order valence-corrected chi connectivity index (χ0v) is 18.2. The average Bonchev–Trinajstić information content (AvgIpc) is 3.22. The van der Waals surface area contributed by atoms with Crippen molar-refractivity contribution >= 4 is 28.3 Å². The lowest BCUT2D eigenvalue weighted by atomic mass is 10.0. The van der Waals surface area contributed by atoms with E-state index in [1.54, 1.807) is 12.1 Å². The number of hydrogen-bond donors (Lipinski definition) is 1. The van der Waals surface area contributed by atoms with Gasteiger partial charge in [-0.25, -0.2) is 0 Å². The molecule has 1 N–H and O–H groups in total. The van der Waals surface area contributed by atoms with Crippen LogP contribution < -0.4 is 10.1 Å². The number of nitrogens with one attached hydrogen (secondary N) is 1. The number of carbonyl (C=O) groups excluding carboxylic acids is 1. The number of amides is 1. The van der Waals surface area contributed by atoms with Crippen LogP contribution in [0.5, 0.6) is 5.88 Å². The van der Waals surface area contributed by atoms with E-state index in [0.717, 1.165) is 27.1 Å². The molecule has 0 spiro atoms. The van der Waals surface area contributed by atoms with Crippen molar-refractivity contribution in [3.63, 3.8) is 0 Å². The van der Waals surface area contributed by atoms with Crippen molar-refractivity contribution in [1.29, 1.82) is 0 Å². The zero-order valence-electron chi connectivity index (χ0n) is 17.4. The Bertz CT molecular complexity index is 1300. The van der Waals surface area contributed by atoms with Crippen molar-refractivity contribution in [3.05, 3.63) is 89.1 Å². The van der Waals surface area contributed by atoms with Crippen LogP contribution in [0, 0.1) is 0 Å². The van der Waals surface area contributed by atoms with Crippen molar-refractivity contribution in [2.75, 3.05) is 6.61 Å². The fourth-order valence-corrected chi connectivity index (χ4v) is 3.60. The highest BCUT2D eigenvalue weighted by atomic mass is 35.5. The number of carbonyl (C=O) groups is 1. The van der Waals surface area contributed by atoms with Crippen LogP contribution >= 0.6 is 11.6 Å². The third kappa shape index (κ3) is 5.12. The Morgan fingerprint density at radius 1 is 1.06 bits per heavy atom. The molecule has 3 aromatic carbocycles. The van der Waals surface area contributed by atoms with Crippen LogP contribution in [0.4, 0.5) is 13.2 Å². The van der Waals surface area contributed by atoms with Gasteiger partial charge in [0.05, 0.1) is 16.8 Å². The summed E-state index contributed by atoms with van der Waals surface area (Å²) >= 11 is 6.12. The molecule has 0 saturated carbocycles. The van der Waals surface area contributed by atoms with Gasteiger partial charge in [-0.1, -0.05) is 60.1 Å². The van der Waals surface area contributed by atoms with Crippen molar-refractivity contribution in [2.24, 2.45) is 0 Å². The monoisotopic (exact) mass is 473 g/mol. The van der Waals surface area contributed by atoms with Gasteiger partial charge in [0.2, 0.25) is 5.88 Å². The number of ether oxygens (including phenoxy) is 1. The first kappa shape index (κ1) is 22.7. The first-order valence-electron chi connectivity index (χ1n) is 10.1. The molecule has 170 valence electrons. The summed E-state index contributed by atoms with van der Waals surface area (Å²) in [5, 5.41) is 8.68. The molecule has 0 aliphatic rings. The highest BCUT2D eigenvalue weighted by Gasteiger charge is 2.36. The maximum atomic E-state index is 13.2. The Labute approximate surface area is 192 Å². The predicted molar refractivity (Wildman–Crippen MR) is 120 cm³/mol. The summed E-state index contributed by atoms with van der Waals surface area (Å²) < 4.78 is 46.0. The van der Waals surface area contributed by atoms with Crippen molar-refractivity contribution in [2.45, 2.75) is 19.1 Å². The summed E-state index contributed by atoms with van der Waals surface area (Å²) in [6, 6.07) is 20.4. The van der Waals surface area contributed by atoms with Gasteiger partial charge in [-0.05, 0) is 41.5 Å². The maximum absolute atomic E-state index is 13.2. The molecule has 0 fully saturated rings. The van der Waals surface area contributed by atoms with E-state index < -0.39 is 24.4 Å². The van der Waals surface area contributed by atoms with E-state index in [4.69, 9.17) is 16.3 Å². The second kappa shape index (κ2) is 9.15. The molecule has 4 aromatic rings. The van der Waals surface area contributed by atoms with Gasteiger partial charge in [-0.15, -0.1) is 0 Å². The summed E-state index contributed by atoms with van der Waals surface area (Å²) in [7, 11) is 0. The number of nitrogens with zero attached hydrogens (tertiary/aromatic N) is 2. The standard InChI is InChI=1S/C24H19ClF3N3O2/c1-15(17-11-10-16-6-2-3-7-18(16)12-17)29-22(32)14-33-23-13-21(24(26,27)28)30-31(23)20-9-5-4-8-19(20)25/h2-13,15H,14H2,1H3,(H,29,32)/t15-/m1/s1. The summed E-state index contributed by atoms with van der Waals surface area (Å²) in [6.07, 6.45) is -4.68. The highest BCUT2D eigenvalue weighted by molar-refractivity contribution is 6.32. The number of alkyl halides is 3. The molecule has 0 bridgehead atoms. The number of benzene rings is 3. The molecule has 0 radical (unpaired) electrons. The van der Waals surface area contributed by atoms with E-state index in [2.05, 4.69) is 10.4 Å². The van der Waals surface area contributed by atoms with Gasteiger partial charge < -0.3 is 10.1 Å². The van der Waals surface area contributed by atoms with Gasteiger partial charge >= 0.3 is 6.18 Å². The van der Waals surface area contributed by atoms with Crippen LogP contribution in [0.15, 0.2) is 72.8 Å². The topological polar surface area (TPSA) is 56.1 Å². The van der Waals surface area contributed by atoms with E-state index in [1.807, 2.05) is 49.4 Å². The maximum Gasteiger partial charge on any atom is 0.435 e. The number of aromatic nitrogens is 2. The van der Waals surface area contributed by atoms with Crippen LogP contribution in [-0.2, 0) is 11.0 Å². The Balaban J connectivity index is 1.49. The number of para-hydroxylation sites is 1. The molecule has 4 rings (SSSR count). The summed E-state index contributed by atoms with van der Waals surface area (Å²) in [5.41, 5.74) is -0.0560. The minimum atomic E-state index is -4.68. The van der Waals surface area contributed by atoms with Crippen LogP contribution in [0.25, 0.3) is 16.5 Å². The molecule has 5 nitrogen and oxygen atoms in total. The first-order valence-corrected chi connectivity index (χ1v) is 10.4. The smallest absolute Gasteiger partial charge is 0.435 e. The molecule has 0 unspecified atom stereocenters. The third-order valence-corrected chi connectivity index (χ3v) is 5.37. The molecular formula is C24H19ClF3N3O2. The lowest BCUT2D eigenvalue weighted by molar-refractivity contribution is -0.141. The Morgan fingerprint density at radius 3 is 2.48 bits per heavy atom. The fourth-order valence-electron chi connectivity index (χ4n) is 3.38. The molecule has 1 atom stereocenters. The fraction of sp³-hybridized carbons (Fsp3) is 0.167. The Hall–Kier alpha value is -3.52. The molecular weight excluding hydrogens is 455 g/mol. The minimum Gasteiger partial charge on any atom is -0.467 e. The second-order valence-electron chi connectivity index (χ2n) is 7.41. The molecule has 1 amide bonds. The average molecular weight is 474 g/mol. The van der Waals surface area contributed by atoms with Gasteiger partial charge in [-0.3, -0.25) is 4.79 Å².